The lowest BCUT2D eigenvalue weighted by Gasteiger charge is -2.07. The highest BCUT2D eigenvalue weighted by atomic mass is 35.5. The van der Waals surface area contributed by atoms with Crippen molar-refractivity contribution in [1.29, 1.82) is 0 Å². The highest BCUT2D eigenvalue weighted by Crippen LogP contribution is 2.35. The van der Waals surface area contributed by atoms with E-state index in [9.17, 15) is 4.79 Å². The number of benzene rings is 2. The second-order valence-corrected chi connectivity index (χ2v) is 5.77. The lowest BCUT2D eigenvalue weighted by atomic mass is 10.1. The molecule has 0 fully saturated rings. The Hall–Kier alpha value is -2.26. The van der Waals surface area contributed by atoms with Crippen molar-refractivity contribution < 1.29 is 14.3 Å². The van der Waals surface area contributed by atoms with E-state index in [1.807, 2.05) is 38.1 Å². The summed E-state index contributed by atoms with van der Waals surface area (Å²) in [5.74, 6) is 1.53. The number of allylic oxidation sites excluding steroid dienone is 2. The zero-order valence-corrected chi connectivity index (χ0v) is 13.1. The Kier molecular flexibility index (Phi) is 3.90. The summed E-state index contributed by atoms with van der Waals surface area (Å²) in [5, 5.41) is 0.678. The van der Waals surface area contributed by atoms with E-state index < -0.39 is 0 Å². The van der Waals surface area contributed by atoms with Gasteiger partial charge in [-0.1, -0.05) is 23.7 Å². The standard InChI is InChI=1S/C18H15ClO3/c1-11(2)18-17(20)15-7-6-14(9-16(15)22-18)21-10-12-4-3-5-13(19)8-12/h3-9H,10H2,1-2H3. The first-order chi connectivity index (χ1) is 10.5. The van der Waals surface area contributed by atoms with Crippen LogP contribution in [0.25, 0.3) is 0 Å². The van der Waals surface area contributed by atoms with Crippen molar-refractivity contribution in [2.24, 2.45) is 0 Å². The van der Waals surface area contributed by atoms with Crippen LogP contribution in [-0.4, -0.2) is 5.78 Å². The molecule has 112 valence electrons. The first kappa shape index (κ1) is 14.7. The van der Waals surface area contributed by atoms with E-state index in [1.165, 1.54) is 0 Å². The van der Waals surface area contributed by atoms with Gasteiger partial charge in [-0.2, -0.15) is 0 Å². The van der Waals surface area contributed by atoms with Crippen LogP contribution in [0.3, 0.4) is 0 Å². The molecular weight excluding hydrogens is 300 g/mol. The van der Waals surface area contributed by atoms with Gasteiger partial charge in [-0.15, -0.1) is 0 Å². The zero-order valence-electron chi connectivity index (χ0n) is 12.4. The number of halogens is 1. The van der Waals surface area contributed by atoms with Crippen molar-refractivity contribution in [2.75, 3.05) is 0 Å². The van der Waals surface area contributed by atoms with E-state index in [0.717, 1.165) is 11.1 Å². The summed E-state index contributed by atoms with van der Waals surface area (Å²) in [6.45, 7) is 4.12. The molecule has 4 heteroatoms. The van der Waals surface area contributed by atoms with Crippen LogP contribution in [0.15, 0.2) is 53.8 Å². The Bertz CT molecular complexity index is 774. The van der Waals surface area contributed by atoms with Crippen molar-refractivity contribution in [1.82, 2.24) is 0 Å². The molecule has 3 rings (SSSR count). The fourth-order valence-electron chi connectivity index (χ4n) is 2.27. The van der Waals surface area contributed by atoms with Gasteiger partial charge in [-0.05, 0) is 49.2 Å². The summed E-state index contributed by atoms with van der Waals surface area (Å²) in [7, 11) is 0. The second kappa shape index (κ2) is 5.85. The third-order valence-electron chi connectivity index (χ3n) is 3.36. The van der Waals surface area contributed by atoms with E-state index in [-0.39, 0.29) is 5.78 Å². The smallest absolute Gasteiger partial charge is 0.231 e. The maximum atomic E-state index is 12.1. The number of hydrogen-bond acceptors (Lipinski definition) is 3. The predicted molar refractivity (Wildman–Crippen MR) is 85.6 cm³/mol. The third kappa shape index (κ3) is 2.85. The molecule has 22 heavy (non-hydrogen) atoms. The van der Waals surface area contributed by atoms with Crippen molar-refractivity contribution in [3.63, 3.8) is 0 Å². The van der Waals surface area contributed by atoms with Gasteiger partial charge in [0.1, 0.15) is 18.1 Å². The number of Topliss-reactive ketones (excluding diaryl/α,β-unsaturated/α-hetero) is 1. The van der Waals surface area contributed by atoms with Gasteiger partial charge in [0.05, 0.1) is 5.56 Å². The lowest BCUT2D eigenvalue weighted by molar-refractivity contribution is 0.101. The van der Waals surface area contributed by atoms with Crippen LogP contribution in [0.1, 0.15) is 29.8 Å². The Balaban J connectivity index is 1.77. The van der Waals surface area contributed by atoms with Gasteiger partial charge in [0.25, 0.3) is 0 Å². The summed E-state index contributed by atoms with van der Waals surface area (Å²) in [5.41, 5.74) is 2.42. The average molecular weight is 315 g/mol. The molecule has 2 aromatic carbocycles. The molecule has 0 bridgehead atoms. The molecule has 1 heterocycles. The van der Waals surface area contributed by atoms with Gasteiger partial charge < -0.3 is 9.47 Å². The number of rotatable bonds is 3. The number of carbonyl (C=O) groups excluding carboxylic acids is 1. The molecule has 0 saturated carbocycles. The molecule has 1 aliphatic rings. The summed E-state index contributed by atoms with van der Waals surface area (Å²) in [6, 6.07) is 12.8. The number of ether oxygens (including phenoxy) is 2. The zero-order chi connectivity index (χ0) is 15.7. The van der Waals surface area contributed by atoms with Crippen molar-refractivity contribution in [3.8, 4) is 11.5 Å². The molecule has 2 aromatic rings. The van der Waals surface area contributed by atoms with Crippen molar-refractivity contribution in [3.05, 3.63) is 69.9 Å². The van der Waals surface area contributed by atoms with E-state index in [2.05, 4.69) is 0 Å². The first-order valence-corrected chi connectivity index (χ1v) is 7.34. The van der Waals surface area contributed by atoms with Gasteiger partial charge in [0, 0.05) is 11.1 Å². The van der Waals surface area contributed by atoms with Gasteiger partial charge >= 0.3 is 0 Å². The molecule has 0 saturated heterocycles. The highest BCUT2D eigenvalue weighted by Gasteiger charge is 2.28. The monoisotopic (exact) mass is 314 g/mol. The topological polar surface area (TPSA) is 35.5 Å². The Morgan fingerprint density at radius 1 is 1.18 bits per heavy atom. The minimum absolute atomic E-state index is 0.0728. The van der Waals surface area contributed by atoms with Gasteiger partial charge in [-0.25, -0.2) is 0 Å². The summed E-state index contributed by atoms with van der Waals surface area (Å²) >= 11 is 5.95. The van der Waals surface area contributed by atoms with Crippen LogP contribution >= 0.6 is 11.6 Å². The average Bonchev–Trinajstić information content (AvgIpc) is 2.82. The molecule has 0 spiro atoms. The molecule has 1 aliphatic heterocycles. The van der Waals surface area contributed by atoms with Crippen LogP contribution in [-0.2, 0) is 6.61 Å². The quantitative estimate of drug-likeness (QED) is 0.764. The minimum Gasteiger partial charge on any atom is -0.489 e. The van der Waals surface area contributed by atoms with E-state index in [1.54, 1.807) is 18.2 Å². The maximum absolute atomic E-state index is 12.1. The summed E-state index contributed by atoms with van der Waals surface area (Å²) < 4.78 is 11.4. The maximum Gasteiger partial charge on any atom is 0.231 e. The highest BCUT2D eigenvalue weighted by molar-refractivity contribution is 6.30. The SMILES string of the molecule is CC(C)=C1Oc2cc(OCc3cccc(Cl)c3)ccc2C1=O. The number of ketones is 1. The van der Waals surface area contributed by atoms with Crippen LogP contribution in [0.4, 0.5) is 0 Å². The number of fused-ring (bicyclic) bond motifs is 1. The Labute approximate surface area is 134 Å². The normalized spacial score (nSPS) is 12.9. The fraction of sp³-hybridized carbons (Fsp3) is 0.167. The molecule has 0 radical (unpaired) electrons. The van der Waals surface area contributed by atoms with Crippen LogP contribution < -0.4 is 9.47 Å². The molecule has 0 N–H and O–H groups in total. The Morgan fingerprint density at radius 3 is 2.73 bits per heavy atom. The van der Waals surface area contributed by atoms with Gasteiger partial charge in [0.15, 0.2) is 5.76 Å². The summed E-state index contributed by atoms with van der Waals surface area (Å²) in [4.78, 5) is 12.1. The molecule has 3 nitrogen and oxygen atoms in total. The fourth-order valence-corrected chi connectivity index (χ4v) is 2.48. The number of hydrogen-bond donors (Lipinski definition) is 0. The molecule has 0 aromatic heterocycles. The van der Waals surface area contributed by atoms with Crippen molar-refractivity contribution >= 4 is 17.4 Å². The van der Waals surface area contributed by atoms with Crippen LogP contribution in [0.5, 0.6) is 11.5 Å². The third-order valence-corrected chi connectivity index (χ3v) is 3.60. The molecule has 0 amide bonds. The van der Waals surface area contributed by atoms with E-state index >= 15 is 0 Å². The molecule has 0 aliphatic carbocycles. The van der Waals surface area contributed by atoms with Gasteiger partial charge in [0.2, 0.25) is 5.78 Å². The predicted octanol–water partition coefficient (Wildman–Crippen LogP) is 4.79. The molecule has 0 unspecified atom stereocenters. The molecular formula is C18H15ClO3. The largest absolute Gasteiger partial charge is 0.489 e. The lowest BCUT2D eigenvalue weighted by Crippen LogP contribution is -2.00. The first-order valence-electron chi connectivity index (χ1n) is 6.96. The van der Waals surface area contributed by atoms with Crippen LogP contribution in [0.2, 0.25) is 5.02 Å². The molecule has 0 atom stereocenters. The Morgan fingerprint density at radius 2 is 2.00 bits per heavy atom. The van der Waals surface area contributed by atoms with Crippen LogP contribution in [0, 0.1) is 0 Å². The minimum atomic E-state index is -0.0728. The van der Waals surface area contributed by atoms with E-state index in [4.69, 9.17) is 21.1 Å². The van der Waals surface area contributed by atoms with Crippen molar-refractivity contribution in [2.45, 2.75) is 20.5 Å². The van der Waals surface area contributed by atoms with E-state index in [0.29, 0.717) is 34.5 Å². The second-order valence-electron chi connectivity index (χ2n) is 5.34. The summed E-state index contributed by atoms with van der Waals surface area (Å²) in [6.07, 6.45) is 0. The number of carbonyl (C=O) groups is 1. The van der Waals surface area contributed by atoms with Gasteiger partial charge in [-0.3, -0.25) is 4.79 Å².